The molecular formula is C18H17N3O2. The molecule has 0 saturated heterocycles. The third-order valence-electron chi connectivity index (χ3n) is 3.43. The number of hydrogen-bond donors (Lipinski definition) is 2. The summed E-state index contributed by atoms with van der Waals surface area (Å²) in [5.74, 6) is 0. The van der Waals surface area contributed by atoms with Gasteiger partial charge in [0, 0.05) is 23.9 Å². The van der Waals surface area contributed by atoms with Gasteiger partial charge in [0.05, 0.1) is 12.8 Å². The fraction of sp³-hybridized carbons (Fsp3) is 0.111. The molecule has 5 nitrogen and oxygen atoms in total. The van der Waals surface area contributed by atoms with Crippen molar-refractivity contribution >= 4 is 11.8 Å². The number of anilines is 1. The second-order valence-corrected chi connectivity index (χ2v) is 5.06. The Morgan fingerprint density at radius 3 is 2.52 bits per heavy atom. The minimum Gasteiger partial charge on any atom is -0.449 e. The average Bonchev–Trinajstić information content (AvgIpc) is 3.11. The lowest BCUT2D eigenvalue weighted by atomic mass is 10.1. The first-order chi connectivity index (χ1) is 11.3. The molecule has 1 amide bonds. The lowest BCUT2D eigenvalue weighted by molar-refractivity contribution is 0.163. The number of aromatic amines is 1. The summed E-state index contributed by atoms with van der Waals surface area (Å²) in [6.45, 7) is 0.350. The number of H-pyrrole nitrogens is 1. The van der Waals surface area contributed by atoms with Gasteiger partial charge in [0.25, 0.3) is 0 Å². The molecule has 0 bridgehead atoms. The zero-order valence-corrected chi connectivity index (χ0v) is 12.5. The van der Waals surface area contributed by atoms with Crippen LogP contribution in [0.1, 0.15) is 5.56 Å². The van der Waals surface area contributed by atoms with E-state index >= 15 is 0 Å². The highest BCUT2D eigenvalue weighted by molar-refractivity contribution is 5.85. The molecule has 23 heavy (non-hydrogen) atoms. The van der Waals surface area contributed by atoms with Gasteiger partial charge in [0.15, 0.2) is 0 Å². The predicted molar refractivity (Wildman–Crippen MR) is 89.1 cm³/mol. The van der Waals surface area contributed by atoms with E-state index in [9.17, 15) is 4.79 Å². The number of carbonyl (C=O) groups is 1. The van der Waals surface area contributed by atoms with Crippen LogP contribution in [0, 0.1) is 0 Å². The number of ether oxygens (including phenoxy) is 1. The molecule has 0 unspecified atom stereocenters. The Kier molecular flexibility index (Phi) is 4.69. The zero-order chi connectivity index (χ0) is 15.9. The molecule has 0 atom stereocenters. The van der Waals surface area contributed by atoms with Crippen molar-refractivity contribution in [2.75, 3.05) is 11.9 Å². The van der Waals surface area contributed by atoms with Gasteiger partial charge in [0.2, 0.25) is 0 Å². The smallest absolute Gasteiger partial charge is 0.411 e. The van der Waals surface area contributed by atoms with Crippen LogP contribution in [-0.4, -0.2) is 22.9 Å². The lowest BCUT2D eigenvalue weighted by Crippen LogP contribution is -2.15. The Morgan fingerprint density at radius 2 is 1.83 bits per heavy atom. The number of nitrogens with one attached hydrogen (secondary N) is 2. The van der Waals surface area contributed by atoms with Crippen molar-refractivity contribution in [3.05, 3.63) is 72.6 Å². The van der Waals surface area contributed by atoms with E-state index in [1.54, 1.807) is 6.20 Å². The maximum atomic E-state index is 11.8. The highest BCUT2D eigenvalue weighted by Gasteiger charge is 2.04. The van der Waals surface area contributed by atoms with Crippen LogP contribution in [0.5, 0.6) is 0 Å². The molecule has 0 fully saturated rings. The first kappa shape index (κ1) is 14.8. The summed E-state index contributed by atoms with van der Waals surface area (Å²) in [7, 11) is 0. The largest absolute Gasteiger partial charge is 0.449 e. The maximum absolute atomic E-state index is 11.8. The molecule has 0 aliphatic carbocycles. The van der Waals surface area contributed by atoms with E-state index in [0.29, 0.717) is 18.7 Å². The van der Waals surface area contributed by atoms with Crippen LogP contribution in [0.3, 0.4) is 0 Å². The highest BCUT2D eigenvalue weighted by atomic mass is 16.5. The van der Waals surface area contributed by atoms with Crippen LogP contribution >= 0.6 is 0 Å². The molecule has 3 rings (SSSR count). The van der Waals surface area contributed by atoms with Gasteiger partial charge in [-0.2, -0.15) is 5.10 Å². The summed E-state index contributed by atoms with van der Waals surface area (Å²) >= 11 is 0. The standard InChI is InChI=1S/C18H17N3O2/c22-18(23-11-10-14-4-2-1-3-5-14)21-17-8-6-15(7-9-17)16-12-19-20-13-16/h1-9,12-13H,10-11H2,(H,19,20)(H,21,22). The number of nitrogens with zero attached hydrogens (tertiary/aromatic N) is 1. The number of amides is 1. The number of rotatable bonds is 5. The predicted octanol–water partition coefficient (Wildman–Crippen LogP) is 3.87. The third kappa shape index (κ3) is 4.20. The normalized spacial score (nSPS) is 10.3. The summed E-state index contributed by atoms with van der Waals surface area (Å²) in [6.07, 6.45) is 3.82. The molecule has 0 aliphatic rings. The molecule has 1 heterocycles. The number of carbonyl (C=O) groups excluding carboxylic acids is 1. The van der Waals surface area contributed by atoms with Gasteiger partial charge in [-0.05, 0) is 23.3 Å². The molecule has 0 saturated carbocycles. The molecule has 5 heteroatoms. The Hall–Kier alpha value is -3.08. The van der Waals surface area contributed by atoms with Gasteiger partial charge in [-0.3, -0.25) is 10.4 Å². The Morgan fingerprint density at radius 1 is 1.04 bits per heavy atom. The van der Waals surface area contributed by atoms with Crippen molar-refractivity contribution in [2.45, 2.75) is 6.42 Å². The van der Waals surface area contributed by atoms with Crippen LogP contribution in [0.25, 0.3) is 11.1 Å². The lowest BCUT2D eigenvalue weighted by Gasteiger charge is -2.07. The highest BCUT2D eigenvalue weighted by Crippen LogP contribution is 2.20. The Bertz CT molecular complexity index is 738. The van der Waals surface area contributed by atoms with E-state index in [1.165, 1.54) is 0 Å². The SMILES string of the molecule is O=C(Nc1ccc(-c2cn[nH]c2)cc1)OCCc1ccccc1. The summed E-state index contributed by atoms with van der Waals surface area (Å²) in [4.78, 5) is 11.8. The van der Waals surface area contributed by atoms with Crippen molar-refractivity contribution in [3.8, 4) is 11.1 Å². The topological polar surface area (TPSA) is 67.0 Å². The van der Waals surface area contributed by atoms with Gasteiger partial charge in [-0.15, -0.1) is 0 Å². The first-order valence-corrected chi connectivity index (χ1v) is 7.38. The van der Waals surface area contributed by atoms with Crippen molar-refractivity contribution in [1.29, 1.82) is 0 Å². The molecule has 0 spiro atoms. The average molecular weight is 307 g/mol. The molecule has 2 N–H and O–H groups in total. The van der Waals surface area contributed by atoms with E-state index < -0.39 is 6.09 Å². The quantitative estimate of drug-likeness (QED) is 0.752. The van der Waals surface area contributed by atoms with E-state index in [-0.39, 0.29) is 0 Å². The van der Waals surface area contributed by atoms with Crippen LogP contribution < -0.4 is 5.32 Å². The van der Waals surface area contributed by atoms with E-state index in [1.807, 2.05) is 60.8 Å². The number of hydrogen-bond acceptors (Lipinski definition) is 3. The molecule has 1 aromatic heterocycles. The molecular weight excluding hydrogens is 290 g/mol. The summed E-state index contributed by atoms with van der Waals surface area (Å²) in [5.41, 5.74) is 3.87. The molecule has 116 valence electrons. The van der Waals surface area contributed by atoms with Crippen LogP contribution in [-0.2, 0) is 11.2 Å². The van der Waals surface area contributed by atoms with E-state index in [0.717, 1.165) is 16.7 Å². The van der Waals surface area contributed by atoms with Crippen LogP contribution in [0.4, 0.5) is 10.5 Å². The molecule has 0 radical (unpaired) electrons. The van der Waals surface area contributed by atoms with E-state index in [2.05, 4.69) is 15.5 Å². The van der Waals surface area contributed by atoms with Crippen molar-refractivity contribution in [1.82, 2.24) is 10.2 Å². The fourth-order valence-electron chi connectivity index (χ4n) is 2.21. The van der Waals surface area contributed by atoms with Crippen LogP contribution in [0.2, 0.25) is 0 Å². The Balaban J connectivity index is 1.48. The van der Waals surface area contributed by atoms with Gasteiger partial charge in [-0.25, -0.2) is 4.79 Å². The van der Waals surface area contributed by atoms with E-state index in [4.69, 9.17) is 4.74 Å². The van der Waals surface area contributed by atoms with Crippen molar-refractivity contribution < 1.29 is 9.53 Å². The summed E-state index contributed by atoms with van der Waals surface area (Å²) in [6, 6.07) is 17.4. The Labute approximate surface area is 134 Å². The van der Waals surface area contributed by atoms with Gasteiger partial charge >= 0.3 is 6.09 Å². The first-order valence-electron chi connectivity index (χ1n) is 7.38. The van der Waals surface area contributed by atoms with Gasteiger partial charge in [-0.1, -0.05) is 42.5 Å². The monoisotopic (exact) mass is 307 g/mol. The molecule has 2 aromatic carbocycles. The molecule has 0 aliphatic heterocycles. The minimum absolute atomic E-state index is 0.350. The van der Waals surface area contributed by atoms with Gasteiger partial charge in [0.1, 0.15) is 0 Å². The van der Waals surface area contributed by atoms with Crippen LogP contribution in [0.15, 0.2) is 67.0 Å². The van der Waals surface area contributed by atoms with Crippen molar-refractivity contribution in [3.63, 3.8) is 0 Å². The van der Waals surface area contributed by atoms with Crippen molar-refractivity contribution in [2.24, 2.45) is 0 Å². The zero-order valence-electron chi connectivity index (χ0n) is 12.5. The second-order valence-electron chi connectivity index (χ2n) is 5.06. The van der Waals surface area contributed by atoms with Gasteiger partial charge < -0.3 is 4.74 Å². The minimum atomic E-state index is -0.447. The summed E-state index contributed by atoms with van der Waals surface area (Å²) < 4.78 is 5.19. The molecule has 3 aromatic rings. The number of benzene rings is 2. The number of aromatic nitrogens is 2. The maximum Gasteiger partial charge on any atom is 0.411 e. The second kappa shape index (κ2) is 7.26. The third-order valence-corrected chi connectivity index (χ3v) is 3.43. The fourth-order valence-corrected chi connectivity index (χ4v) is 2.21. The summed E-state index contributed by atoms with van der Waals surface area (Å²) in [5, 5.41) is 9.40.